The van der Waals surface area contributed by atoms with Gasteiger partial charge in [-0.25, -0.2) is 4.79 Å². The van der Waals surface area contributed by atoms with Crippen molar-refractivity contribution >= 4 is 23.6 Å². The molecule has 1 atom stereocenters. The van der Waals surface area contributed by atoms with Gasteiger partial charge in [-0.1, -0.05) is 12.1 Å². The van der Waals surface area contributed by atoms with Gasteiger partial charge in [0.15, 0.2) is 5.78 Å². The van der Waals surface area contributed by atoms with Gasteiger partial charge in [0.05, 0.1) is 11.1 Å². The number of fused-ring (bicyclic) bond motifs is 1. The Morgan fingerprint density at radius 2 is 1.65 bits per heavy atom. The number of carbonyl (C=O) groups excluding carboxylic acids is 4. The predicted octanol–water partition coefficient (Wildman–Crippen LogP) is 0.803. The average Bonchev–Trinajstić information content (AvgIpc) is 2.68. The number of nitrogens with zero attached hydrogens (tertiary/aromatic N) is 1. The molecule has 1 aromatic carbocycles. The zero-order valence-corrected chi connectivity index (χ0v) is 11.1. The molecule has 1 aromatic rings. The van der Waals surface area contributed by atoms with Crippen molar-refractivity contribution in [2.75, 3.05) is 6.61 Å². The van der Waals surface area contributed by atoms with Gasteiger partial charge in [-0.15, -0.1) is 0 Å². The minimum atomic E-state index is -1.07. The van der Waals surface area contributed by atoms with Crippen molar-refractivity contribution in [2.45, 2.75) is 19.9 Å². The number of benzene rings is 1. The van der Waals surface area contributed by atoms with Gasteiger partial charge >= 0.3 is 5.97 Å². The van der Waals surface area contributed by atoms with Gasteiger partial charge in [-0.3, -0.25) is 19.3 Å². The summed E-state index contributed by atoms with van der Waals surface area (Å²) in [4.78, 5) is 47.6. The van der Waals surface area contributed by atoms with Crippen LogP contribution in [0.2, 0.25) is 0 Å². The average molecular weight is 275 g/mol. The number of imide groups is 1. The largest absolute Gasteiger partial charge is 0.456 e. The fourth-order valence-corrected chi connectivity index (χ4v) is 1.96. The minimum Gasteiger partial charge on any atom is -0.456 e. The number of ketones is 1. The van der Waals surface area contributed by atoms with Crippen molar-refractivity contribution < 1.29 is 23.9 Å². The molecule has 0 radical (unpaired) electrons. The monoisotopic (exact) mass is 275 g/mol. The Morgan fingerprint density at radius 1 is 1.15 bits per heavy atom. The number of carbonyl (C=O) groups is 4. The number of esters is 1. The molecule has 0 saturated heterocycles. The molecule has 0 aromatic heterocycles. The second kappa shape index (κ2) is 5.24. The second-order valence-corrected chi connectivity index (χ2v) is 4.51. The van der Waals surface area contributed by atoms with E-state index in [2.05, 4.69) is 0 Å². The van der Waals surface area contributed by atoms with Crippen LogP contribution in [0.3, 0.4) is 0 Å². The highest BCUT2D eigenvalue weighted by atomic mass is 16.5. The van der Waals surface area contributed by atoms with E-state index >= 15 is 0 Å². The van der Waals surface area contributed by atoms with E-state index < -0.39 is 23.8 Å². The first-order valence-corrected chi connectivity index (χ1v) is 6.06. The summed E-state index contributed by atoms with van der Waals surface area (Å²) in [5.74, 6) is -2.15. The summed E-state index contributed by atoms with van der Waals surface area (Å²) in [7, 11) is 0. The van der Waals surface area contributed by atoms with Crippen molar-refractivity contribution in [3.05, 3.63) is 35.4 Å². The summed E-state index contributed by atoms with van der Waals surface area (Å²) in [5.41, 5.74) is 0.535. The molecule has 0 fully saturated rings. The summed E-state index contributed by atoms with van der Waals surface area (Å²) in [5, 5.41) is 0. The van der Waals surface area contributed by atoms with E-state index in [4.69, 9.17) is 4.74 Å². The lowest BCUT2D eigenvalue weighted by atomic mass is 10.1. The van der Waals surface area contributed by atoms with E-state index in [-0.39, 0.29) is 23.5 Å². The number of amides is 2. The molecule has 2 rings (SSSR count). The molecule has 20 heavy (non-hydrogen) atoms. The number of hydrogen-bond donors (Lipinski definition) is 0. The lowest BCUT2D eigenvalue weighted by Crippen LogP contribution is -2.44. The van der Waals surface area contributed by atoms with Crippen LogP contribution in [0.4, 0.5) is 0 Å². The highest BCUT2D eigenvalue weighted by Crippen LogP contribution is 2.24. The molecule has 0 bridgehead atoms. The number of ether oxygens (including phenoxy) is 1. The van der Waals surface area contributed by atoms with Gasteiger partial charge in [0.1, 0.15) is 12.6 Å². The number of rotatable bonds is 4. The Kier molecular flexibility index (Phi) is 3.65. The summed E-state index contributed by atoms with van der Waals surface area (Å²) >= 11 is 0. The lowest BCUT2D eigenvalue weighted by Gasteiger charge is -2.20. The highest BCUT2D eigenvalue weighted by Gasteiger charge is 2.41. The third-order valence-electron chi connectivity index (χ3n) is 2.97. The maximum atomic E-state index is 12.1. The molecule has 1 aliphatic heterocycles. The fourth-order valence-electron chi connectivity index (χ4n) is 1.96. The quantitative estimate of drug-likeness (QED) is 0.600. The molecule has 1 unspecified atom stereocenters. The molecule has 0 N–H and O–H groups in total. The molecule has 6 heteroatoms. The van der Waals surface area contributed by atoms with Crippen molar-refractivity contribution in [1.29, 1.82) is 0 Å². The number of hydrogen-bond acceptors (Lipinski definition) is 5. The highest BCUT2D eigenvalue weighted by molar-refractivity contribution is 6.22. The maximum Gasteiger partial charge on any atom is 0.329 e. The van der Waals surface area contributed by atoms with Crippen LogP contribution >= 0.6 is 0 Å². The van der Waals surface area contributed by atoms with Gasteiger partial charge in [0.2, 0.25) is 0 Å². The van der Waals surface area contributed by atoms with Gasteiger partial charge in [0, 0.05) is 0 Å². The van der Waals surface area contributed by atoms with Crippen LogP contribution < -0.4 is 0 Å². The predicted molar refractivity (Wildman–Crippen MR) is 68.0 cm³/mol. The summed E-state index contributed by atoms with van der Waals surface area (Å²) in [6, 6.07) is 5.28. The zero-order valence-electron chi connectivity index (χ0n) is 11.1. The van der Waals surface area contributed by atoms with Crippen molar-refractivity contribution in [3.63, 3.8) is 0 Å². The Balaban J connectivity index is 2.19. The van der Waals surface area contributed by atoms with Crippen LogP contribution in [0.5, 0.6) is 0 Å². The van der Waals surface area contributed by atoms with E-state index in [0.29, 0.717) is 0 Å². The smallest absolute Gasteiger partial charge is 0.329 e. The van der Waals surface area contributed by atoms with E-state index in [0.717, 1.165) is 4.90 Å². The second-order valence-electron chi connectivity index (χ2n) is 4.51. The third-order valence-corrected chi connectivity index (χ3v) is 2.97. The van der Waals surface area contributed by atoms with Gasteiger partial charge in [0.25, 0.3) is 11.8 Å². The van der Waals surface area contributed by atoms with Gasteiger partial charge in [-0.2, -0.15) is 0 Å². The topological polar surface area (TPSA) is 80.8 Å². The van der Waals surface area contributed by atoms with Crippen LogP contribution in [0.25, 0.3) is 0 Å². The first-order valence-electron chi connectivity index (χ1n) is 6.06. The van der Waals surface area contributed by atoms with Gasteiger partial charge in [-0.05, 0) is 26.0 Å². The minimum absolute atomic E-state index is 0.267. The summed E-state index contributed by atoms with van der Waals surface area (Å²) in [6.45, 7) is 2.30. The van der Waals surface area contributed by atoms with Crippen LogP contribution in [-0.4, -0.2) is 41.1 Å². The van der Waals surface area contributed by atoms with Crippen molar-refractivity contribution in [2.24, 2.45) is 0 Å². The molecule has 104 valence electrons. The van der Waals surface area contributed by atoms with Crippen molar-refractivity contribution in [3.8, 4) is 0 Å². The Morgan fingerprint density at radius 3 is 2.10 bits per heavy atom. The molecule has 6 nitrogen and oxygen atoms in total. The Labute approximate surface area is 115 Å². The van der Waals surface area contributed by atoms with E-state index in [1.165, 1.54) is 26.0 Å². The standard InChI is InChI=1S/C14H13NO5/c1-8(16)7-20-14(19)9(2)15-12(17)10-5-3-4-6-11(10)13(15)18/h3-6,9H,7H2,1-2H3. The molecule has 2 amide bonds. The van der Waals surface area contributed by atoms with Crippen LogP contribution in [0.15, 0.2) is 24.3 Å². The van der Waals surface area contributed by atoms with Crippen LogP contribution in [0, 0.1) is 0 Å². The molecular formula is C14H13NO5. The third kappa shape index (κ3) is 2.32. The molecule has 1 aliphatic rings. The first-order chi connectivity index (χ1) is 9.43. The van der Waals surface area contributed by atoms with Crippen LogP contribution in [-0.2, 0) is 14.3 Å². The molecular weight excluding hydrogens is 262 g/mol. The molecule has 0 spiro atoms. The summed E-state index contributed by atoms with van der Waals surface area (Å²) < 4.78 is 4.74. The molecule has 0 aliphatic carbocycles. The van der Waals surface area contributed by atoms with Gasteiger partial charge < -0.3 is 4.74 Å². The lowest BCUT2D eigenvalue weighted by molar-refractivity contribution is -0.150. The molecule has 1 heterocycles. The van der Waals surface area contributed by atoms with E-state index in [1.807, 2.05) is 0 Å². The summed E-state index contributed by atoms with van der Waals surface area (Å²) in [6.07, 6.45) is 0. The Hall–Kier alpha value is -2.50. The SMILES string of the molecule is CC(=O)COC(=O)C(C)N1C(=O)c2ccccc2C1=O. The Bertz CT molecular complexity index is 572. The van der Waals surface area contributed by atoms with Crippen molar-refractivity contribution in [1.82, 2.24) is 4.90 Å². The number of Topliss-reactive ketones (excluding diaryl/α,β-unsaturated/α-hetero) is 1. The normalized spacial score (nSPS) is 15.0. The van der Waals surface area contributed by atoms with E-state index in [1.54, 1.807) is 12.1 Å². The molecule has 0 saturated carbocycles. The first kappa shape index (κ1) is 13.9. The van der Waals surface area contributed by atoms with Crippen LogP contribution in [0.1, 0.15) is 34.6 Å². The fraction of sp³-hybridized carbons (Fsp3) is 0.286. The maximum absolute atomic E-state index is 12.1. The zero-order chi connectivity index (χ0) is 14.9. The van der Waals surface area contributed by atoms with E-state index in [9.17, 15) is 19.2 Å².